The number of hydrogen-bond acceptors (Lipinski definition) is 3. The SMILES string of the molecule is CC(=O)[C@H](Cc1ccccc1)[C@H]1COC(C)(C)O1. The molecule has 0 aliphatic carbocycles. The molecule has 1 aromatic rings. The summed E-state index contributed by atoms with van der Waals surface area (Å²) in [7, 11) is 0. The van der Waals surface area contributed by atoms with Crippen molar-refractivity contribution in [3.05, 3.63) is 35.9 Å². The number of rotatable bonds is 4. The van der Waals surface area contributed by atoms with Crippen LogP contribution in [0.15, 0.2) is 30.3 Å². The van der Waals surface area contributed by atoms with Crippen molar-refractivity contribution in [3.63, 3.8) is 0 Å². The predicted molar refractivity (Wildman–Crippen MR) is 69.2 cm³/mol. The van der Waals surface area contributed by atoms with Crippen molar-refractivity contribution in [1.82, 2.24) is 0 Å². The van der Waals surface area contributed by atoms with Gasteiger partial charge in [-0.15, -0.1) is 0 Å². The summed E-state index contributed by atoms with van der Waals surface area (Å²) in [6, 6.07) is 10.0. The van der Waals surface area contributed by atoms with E-state index in [2.05, 4.69) is 0 Å². The summed E-state index contributed by atoms with van der Waals surface area (Å²) in [6.07, 6.45) is 0.568. The van der Waals surface area contributed by atoms with E-state index in [1.54, 1.807) is 6.92 Å². The van der Waals surface area contributed by atoms with Gasteiger partial charge in [-0.25, -0.2) is 0 Å². The Balaban J connectivity index is 2.08. The number of carbonyl (C=O) groups excluding carboxylic acids is 1. The maximum atomic E-state index is 11.8. The Hall–Kier alpha value is -1.19. The zero-order valence-corrected chi connectivity index (χ0v) is 11.2. The third-order valence-corrected chi connectivity index (χ3v) is 3.30. The average molecular weight is 248 g/mol. The molecule has 0 bridgehead atoms. The summed E-state index contributed by atoms with van der Waals surface area (Å²) < 4.78 is 11.3. The van der Waals surface area contributed by atoms with Gasteiger partial charge in [0.1, 0.15) is 5.78 Å². The lowest BCUT2D eigenvalue weighted by Gasteiger charge is -2.22. The first-order chi connectivity index (χ1) is 8.48. The molecule has 1 heterocycles. The number of benzene rings is 1. The fourth-order valence-electron chi connectivity index (χ4n) is 2.32. The summed E-state index contributed by atoms with van der Waals surface area (Å²) in [6.45, 7) is 5.88. The van der Waals surface area contributed by atoms with Crippen LogP contribution in [-0.2, 0) is 20.7 Å². The molecule has 18 heavy (non-hydrogen) atoms. The van der Waals surface area contributed by atoms with E-state index < -0.39 is 5.79 Å². The molecule has 1 fully saturated rings. The van der Waals surface area contributed by atoms with Gasteiger partial charge in [0.05, 0.1) is 18.6 Å². The molecule has 0 amide bonds. The molecule has 0 radical (unpaired) electrons. The molecule has 3 nitrogen and oxygen atoms in total. The highest BCUT2D eigenvalue weighted by molar-refractivity contribution is 5.79. The van der Waals surface area contributed by atoms with Gasteiger partial charge in [0.2, 0.25) is 0 Å². The molecule has 2 atom stereocenters. The van der Waals surface area contributed by atoms with Crippen LogP contribution in [-0.4, -0.2) is 24.3 Å². The fourth-order valence-corrected chi connectivity index (χ4v) is 2.32. The standard InChI is InChI=1S/C15H20O3/c1-11(16)13(9-12-7-5-4-6-8-12)14-10-17-15(2,3)18-14/h4-8,13-14H,9-10H2,1-3H3/t13-,14+/m0/s1. The summed E-state index contributed by atoms with van der Waals surface area (Å²) in [5, 5.41) is 0. The van der Waals surface area contributed by atoms with Gasteiger partial charge in [-0.3, -0.25) is 4.79 Å². The highest BCUT2D eigenvalue weighted by atomic mass is 16.7. The molecule has 0 saturated carbocycles. The van der Waals surface area contributed by atoms with Crippen molar-refractivity contribution in [2.45, 2.75) is 39.1 Å². The molecule has 3 heteroatoms. The van der Waals surface area contributed by atoms with E-state index in [0.717, 1.165) is 5.56 Å². The zero-order valence-electron chi connectivity index (χ0n) is 11.2. The van der Waals surface area contributed by atoms with Crippen molar-refractivity contribution in [2.75, 3.05) is 6.61 Å². The quantitative estimate of drug-likeness (QED) is 0.821. The number of carbonyl (C=O) groups is 1. The van der Waals surface area contributed by atoms with E-state index in [9.17, 15) is 4.79 Å². The van der Waals surface area contributed by atoms with Gasteiger partial charge >= 0.3 is 0 Å². The van der Waals surface area contributed by atoms with Gasteiger partial charge in [-0.1, -0.05) is 30.3 Å². The molecule has 1 aliphatic rings. The topological polar surface area (TPSA) is 35.5 Å². The van der Waals surface area contributed by atoms with Gasteiger partial charge in [0, 0.05) is 0 Å². The van der Waals surface area contributed by atoms with Crippen LogP contribution in [0.4, 0.5) is 0 Å². The van der Waals surface area contributed by atoms with E-state index in [1.807, 2.05) is 44.2 Å². The number of hydrogen-bond donors (Lipinski definition) is 0. The molecular weight excluding hydrogens is 228 g/mol. The summed E-state index contributed by atoms with van der Waals surface area (Å²) in [5.74, 6) is -0.547. The normalized spacial score (nSPS) is 23.8. The third-order valence-electron chi connectivity index (χ3n) is 3.30. The van der Waals surface area contributed by atoms with Gasteiger partial charge in [0.25, 0.3) is 0 Å². The maximum Gasteiger partial charge on any atom is 0.163 e. The first-order valence-corrected chi connectivity index (χ1v) is 6.34. The molecule has 0 spiro atoms. The van der Waals surface area contributed by atoms with Crippen LogP contribution in [0.25, 0.3) is 0 Å². The molecular formula is C15H20O3. The molecule has 98 valence electrons. The third kappa shape index (κ3) is 3.18. The number of ketones is 1. The Labute approximate surface area is 108 Å². The van der Waals surface area contributed by atoms with Crippen LogP contribution in [0.5, 0.6) is 0 Å². The van der Waals surface area contributed by atoms with Crippen LogP contribution in [0, 0.1) is 5.92 Å². The first kappa shape index (κ1) is 13.2. The van der Waals surface area contributed by atoms with Crippen LogP contribution >= 0.6 is 0 Å². The second kappa shape index (κ2) is 5.21. The summed E-state index contributed by atoms with van der Waals surface area (Å²) >= 11 is 0. The van der Waals surface area contributed by atoms with E-state index in [-0.39, 0.29) is 17.8 Å². The second-order valence-electron chi connectivity index (χ2n) is 5.27. The summed E-state index contributed by atoms with van der Waals surface area (Å²) in [5.41, 5.74) is 1.16. The molecule has 0 aromatic heterocycles. The Bertz CT molecular complexity index is 411. The van der Waals surface area contributed by atoms with Crippen molar-refractivity contribution in [1.29, 1.82) is 0 Å². The minimum atomic E-state index is -0.574. The number of Topliss-reactive ketones (excluding diaryl/α,β-unsaturated/α-hetero) is 1. The summed E-state index contributed by atoms with van der Waals surface area (Å²) in [4.78, 5) is 11.8. The van der Waals surface area contributed by atoms with Crippen LogP contribution < -0.4 is 0 Å². The fraction of sp³-hybridized carbons (Fsp3) is 0.533. The molecule has 1 aromatic carbocycles. The van der Waals surface area contributed by atoms with Gasteiger partial charge < -0.3 is 9.47 Å². The van der Waals surface area contributed by atoms with E-state index in [1.165, 1.54) is 0 Å². The zero-order chi connectivity index (χ0) is 13.2. The highest BCUT2D eigenvalue weighted by Gasteiger charge is 2.39. The molecule has 1 aliphatic heterocycles. The van der Waals surface area contributed by atoms with Crippen molar-refractivity contribution in [2.24, 2.45) is 5.92 Å². The second-order valence-corrected chi connectivity index (χ2v) is 5.27. The monoisotopic (exact) mass is 248 g/mol. The highest BCUT2D eigenvalue weighted by Crippen LogP contribution is 2.29. The minimum absolute atomic E-state index is 0.130. The predicted octanol–water partition coefficient (Wildman–Crippen LogP) is 2.59. The van der Waals surface area contributed by atoms with Crippen molar-refractivity contribution < 1.29 is 14.3 Å². The van der Waals surface area contributed by atoms with Crippen LogP contribution in [0.3, 0.4) is 0 Å². The van der Waals surface area contributed by atoms with Crippen molar-refractivity contribution >= 4 is 5.78 Å². The lowest BCUT2D eigenvalue weighted by atomic mass is 9.91. The molecule has 0 unspecified atom stereocenters. The Morgan fingerprint density at radius 3 is 2.56 bits per heavy atom. The Morgan fingerprint density at radius 2 is 2.06 bits per heavy atom. The van der Waals surface area contributed by atoms with Gasteiger partial charge in [0.15, 0.2) is 5.79 Å². The van der Waals surface area contributed by atoms with E-state index in [0.29, 0.717) is 13.0 Å². The Morgan fingerprint density at radius 1 is 1.39 bits per heavy atom. The molecule has 1 saturated heterocycles. The van der Waals surface area contributed by atoms with Gasteiger partial charge in [-0.05, 0) is 32.8 Å². The average Bonchev–Trinajstić information content (AvgIpc) is 2.67. The Kier molecular flexibility index (Phi) is 3.83. The minimum Gasteiger partial charge on any atom is -0.348 e. The first-order valence-electron chi connectivity index (χ1n) is 6.34. The number of ether oxygens (including phenoxy) is 2. The lowest BCUT2D eigenvalue weighted by Crippen LogP contribution is -2.32. The van der Waals surface area contributed by atoms with E-state index >= 15 is 0 Å². The lowest BCUT2D eigenvalue weighted by molar-refractivity contribution is -0.149. The maximum absolute atomic E-state index is 11.8. The van der Waals surface area contributed by atoms with Crippen molar-refractivity contribution in [3.8, 4) is 0 Å². The molecule has 2 rings (SSSR count). The van der Waals surface area contributed by atoms with Gasteiger partial charge in [-0.2, -0.15) is 0 Å². The smallest absolute Gasteiger partial charge is 0.163 e. The van der Waals surface area contributed by atoms with Crippen LogP contribution in [0.1, 0.15) is 26.3 Å². The van der Waals surface area contributed by atoms with E-state index in [4.69, 9.17) is 9.47 Å². The van der Waals surface area contributed by atoms with Crippen LogP contribution in [0.2, 0.25) is 0 Å². The largest absolute Gasteiger partial charge is 0.348 e. The molecule has 0 N–H and O–H groups in total.